The first-order valence-electron chi connectivity index (χ1n) is 13.6. The number of benzene rings is 2. The second kappa shape index (κ2) is 12.9. The van der Waals surface area contributed by atoms with Gasteiger partial charge in [0.15, 0.2) is 5.82 Å². The second-order valence-electron chi connectivity index (χ2n) is 10.9. The molecule has 4 aromatic rings. The summed E-state index contributed by atoms with van der Waals surface area (Å²) in [6.45, 7) is 7.61. The van der Waals surface area contributed by atoms with Crippen molar-refractivity contribution in [3.63, 3.8) is 0 Å². The van der Waals surface area contributed by atoms with E-state index in [1.165, 1.54) is 18.5 Å². The summed E-state index contributed by atoms with van der Waals surface area (Å²) in [5.41, 5.74) is 2.47. The highest BCUT2D eigenvalue weighted by molar-refractivity contribution is 6.32. The molecule has 1 aliphatic rings. The number of hydrogen-bond acceptors (Lipinski definition) is 8. The number of hydrogen-bond donors (Lipinski definition) is 1. The average Bonchev–Trinajstić information content (AvgIpc) is 3.36. The van der Waals surface area contributed by atoms with E-state index in [-0.39, 0.29) is 24.6 Å². The van der Waals surface area contributed by atoms with E-state index in [1.54, 1.807) is 33.7 Å². The molecule has 5 rings (SSSR count). The molecule has 1 fully saturated rings. The molecular formula is C30H33ClFN5O5. The molecule has 0 radical (unpaired) electrons. The maximum Gasteiger partial charge on any atom is 0.410 e. The van der Waals surface area contributed by atoms with Crippen LogP contribution in [0.25, 0.3) is 5.52 Å². The van der Waals surface area contributed by atoms with E-state index in [9.17, 15) is 9.18 Å². The smallest absolute Gasteiger partial charge is 0.410 e. The van der Waals surface area contributed by atoms with E-state index in [0.29, 0.717) is 60.8 Å². The van der Waals surface area contributed by atoms with Gasteiger partial charge in [-0.15, -0.1) is 0 Å². The van der Waals surface area contributed by atoms with E-state index in [1.807, 2.05) is 39.1 Å². The number of morpholine rings is 1. The Morgan fingerprint density at radius 2 is 2.05 bits per heavy atom. The van der Waals surface area contributed by atoms with Gasteiger partial charge in [-0.25, -0.2) is 18.7 Å². The van der Waals surface area contributed by atoms with E-state index < -0.39 is 5.60 Å². The van der Waals surface area contributed by atoms with Crippen molar-refractivity contribution in [3.05, 3.63) is 83.0 Å². The molecule has 42 heavy (non-hydrogen) atoms. The molecule has 3 heterocycles. The zero-order valence-electron chi connectivity index (χ0n) is 23.7. The first-order chi connectivity index (χ1) is 20.1. The lowest BCUT2D eigenvalue weighted by molar-refractivity contribution is -0.0749. The molecule has 1 unspecified atom stereocenters. The summed E-state index contributed by atoms with van der Waals surface area (Å²) in [6.07, 6.45) is 2.67. The van der Waals surface area contributed by atoms with Crippen LogP contribution in [-0.4, -0.2) is 63.6 Å². The van der Waals surface area contributed by atoms with Crippen LogP contribution < -0.4 is 10.1 Å². The molecule has 1 N–H and O–H groups in total. The maximum absolute atomic E-state index is 13.5. The zero-order chi connectivity index (χ0) is 29.7. The van der Waals surface area contributed by atoms with Crippen molar-refractivity contribution in [2.75, 3.05) is 31.6 Å². The molecule has 0 bridgehead atoms. The number of ether oxygens (including phenoxy) is 4. The Kier molecular flexibility index (Phi) is 9.10. The number of fused-ring (bicyclic) bond motifs is 1. The Labute approximate surface area is 248 Å². The number of carbonyl (C=O) groups excluding carboxylic acids is 1. The fourth-order valence-electron chi connectivity index (χ4n) is 4.46. The summed E-state index contributed by atoms with van der Waals surface area (Å²) in [5.74, 6) is 0.731. The Hall–Kier alpha value is -3.93. The zero-order valence-corrected chi connectivity index (χ0v) is 24.4. The van der Waals surface area contributed by atoms with Gasteiger partial charge in [-0.05, 0) is 62.7 Å². The van der Waals surface area contributed by atoms with Crippen LogP contribution in [0.5, 0.6) is 5.75 Å². The fraction of sp³-hybridized carbons (Fsp3) is 0.367. The van der Waals surface area contributed by atoms with Gasteiger partial charge in [0.2, 0.25) is 0 Å². The number of amides is 1. The van der Waals surface area contributed by atoms with Gasteiger partial charge in [0.25, 0.3) is 0 Å². The van der Waals surface area contributed by atoms with Gasteiger partial charge in [0.1, 0.15) is 35.6 Å². The van der Waals surface area contributed by atoms with Crippen molar-refractivity contribution < 1.29 is 28.1 Å². The van der Waals surface area contributed by atoms with Gasteiger partial charge in [0, 0.05) is 24.0 Å². The van der Waals surface area contributed by atoms with Crippen LogP contribution >= 0.6 is 11.6 Å². The summed E-state index contributed by atoms with van der Waals surface area (Å²) in [5, 5.41) is 8.00. The van der Waals surface area contributed by atoms with Gasteiger partial charge in [-0.3, -0.25) is 0 Å². The van der Waals surface area contributed by atoms with Crippen LogP contribution in [0, 0.1) is 5.82 Å². The quantitative estimate of drug-likeness (QED) is 0.251. The van der Waals surface area contributed by atoms with Gasteiger partial charge in [-0.1, -0.05) is 23.7 Å². The highest BCUT2D eigenvalue weighted by Crippen LogP contribution is 2.31. The SMILES string of the molecule is CC(C)(C)OC(=O)N1CCOC(COCc2ccn3ncnc(Nc4ccc(OCc5cccc(F)c5)c(Cl)c4)c23)C1. The largest absolute Gasteiger partial charge is 0.487 e. The van der Waals surface area contributed by atoms with Gasteiger partial charge in [-0.2, -0.15) is 5.10 Å². The van der Waals surface area contributed by atoms with Crippen LogP contribution in [-0.2, 0) is 27.4 Å². The topological polar surface area (TPSA) is 99.5 Å². The molecule has 2 aromatic heterocycles. The molecule has 1 amide bonds. The molecule has 0 saturated carbocycles. The number of carbonyl (C=O) groups is 1. The van der Waals surface area contributed by atoms with Crippen LogP contribution in [0.1, 0.15) is 31.9 Å². The van der Waals surface area contributed by atoms with Crippen LogP contribution in [0.2, 0.25) is 5.02 Å². The second-order valence-corrected chi connectivity index (χ2v) is 11.3. The molecule has 1 aliphatic heterocycles. The average molecular weight is 598 g/mol. The number of nitrogens with one attached hydrogen (secondary N) is 1. The maximum atomic E-state index is 13.5. The third kappa shape index (κ3) is 7.67. The van der Waals surface area contributed by atoms with Crippen molar-refractivity contribution in [1.82, 2.24) is 19.5 Å². The van der Waals surface area contributed by atoms with Gasteiger partial charge in [0.05, 0.1) is 37.5 Å². The minimum Gasteiger partial charge on any atom is -0.487 e. The summed E-state index contributed by atoms with van der Waals surface area (Å²) in [6, 6.07) is 13.4. The minimum absolute atomic E-state index is 0.190. The molecule has 1 saturated heterocycles. The Morgan fingerprint density at radius 3 is 2.83 bits per heavy atom. The predicted molar refractivity (Wildman–Crippen MR) is 156 cm³/mol. The lowest BCUT2D eigenvalue weighted by Gasteiger charge is -2.34. The molecular weight excluding hydrogens is 565 g/mol. The molecule has 12 heteroatoms. The highest BCUT2D eigenvalue weighted by atomic mass is 35.5. The number of aromatic nitrogens is 3. The highest BCUT2D eigenvalue weighted by Gasteiger charge is 2.28. The number of nitrogens with zero attached hydrogens (tertiary/aromatic N) is 4. The molecule has 0 aliphatic carbocycles. The number of anilines is 2. The van der Waals surface area contributed by atoms with Crippen molar-refractivity contribution in [1.29, 1.82) is 0 Å². The number of rotatable bonds is 9. The fourth-order valence-corrected chi connectivity index (χ4v) is 4.69. The van der Waals surface area contributed by atoms with Crippen LogP contribution in [0.15, 0.2) is 61.1 Å². The number of halogens is 2. The normalized spacial score (nSPS) is 15.5. The molecule has 2 aromatic carbocycles. The van der Waals surface area contributed by atoms with Gasteiger partial charge < -0.3 is 29.2 Å². The van der Waals surface area contributed by atoms with Crippen LogP contribution in [0.3, 0.4) is 0 Å². The van der Waals surface area contributed by atoms with E-state index >= 15 is 0 Å². The van der Waals surface area contributed by atoms with Crippen molar-refractivity contribution >= 4 is 34.7 Å². The first kappa shape index (κ1) is 29.6. The summed E-state index contributed by atoms with van der Waals surface area (Å²) >= 11 is 6.48. The Morgan fingerprint density at radius 1 is 1.19 bits per heavy atom. The third-order valence-electron chi connectivity index (χ3n) is 6.37. The van der Waals surface area contributed by atoms with Crippen LogP contribution in [0.4, 0.5) is 20.7 Å². The van der Waals surface area contributed by atoms with E-state index in [2.05, 4.69) is 15.4 Å². The van der Waals surface area contributed by atoms with E-state index in [0.717, 1.165) is 11.1 Å². The summed E-state index contributed by atoms with van der Waals surface area (Å²) in [4.78, 5) is 18.5. The molecule has 222 valence electrons. The summed E-state index contributed by atoms with van der Waals surface area (Å²) in [7, 11) is 0. The Balaban J connectivity index is 1.20. The summed E-state index contributed by atoms with van der Waals surface area (Å²) < 4.78 is 38.3. The predicted octanol–water partition coefficient (Wildman–Crippen LogP) is 6.00. The van der Waals surface area contributed by atoms with Gasteiger partial charge >= 0.3 is 6.09 Å². The lowest BCUT2D eigenvalue weighted by atomic mass is 10.2. The van der Waals surface area contributed by atoms with Crippen molar-refractivity contribution in [3.8, 4) is 5.75 Å². The standard InChI is InChI=1S/C30H33ClFN5O5/c1-30(2,3)42-29(38)36-11-12-40-24(15-36)18-39-17-21-9-10-37-27(21)28(33-19-34-37)35-23-7-8-26(25(31)14-23)41-16-20-5-4-6-22(32)13-20/h4-10,13-14,19,24H,11-12,15-18H2,1-3H3,(H,33,34,35). The molecule has 0 spiro atoms. The van der Waals surface area contributed by atoms with E-state index in [4.69, 9.17) is 30.5 Å². The van der Waals surface area contributed by atoms with Crippen molar-refractivity contribution in [2.45, 2.75) is 45.7 Å². The first-order valence-corrected chi connectivity index (χ1v) is 13.9. The third-order valence-corrected chi connectivity index (χ3v) is 6.66. The lowest BCUT2D eigenvalue weighted by Crippen LogP contribution is -2.48. The van der Waals surface area contributed by atoms with Crippen molar-refractivity contribution in [2.24, 2.45) is 0 Å². The molecule has 10 nitrogen and oxygen atoms in total. The monoisotopic (exact) mass is 597 g/mol. The minimum atomic E-state index is -0.558. The molecule has 1 atom stereocenters. The Bertz CT molecular complexity index is 1540.